The number of phosphoric ester groups is 1. The number of carbonyl (C=O) groups is 2. The van der Waals surface area contributed by atoms with Crippen LogP contribution in [-0.4, -0.2) is 98.3 Å². The van der Waals surface area contributed by atoms with E-state index < -0.39 is 75.7 Å². The van der Waals surface area contributed by atoms with Crippen molar-refractivity contribution in [3.63, 3.8) is 0 Å². The molecule has 13 nitrogen and oxygen atoms in total. The van der Waals surface area contributed by atoms with Gasteiger partial charge in [-0.25, -0.2) is 4.57 Å². The van der Waals surface area contributed by atoms with Crippen LogP contribution in [0, 0.1) is 0 Å². The summed E-state index contributed by atoms with van der Waals surface area (Å²) in [7, 11) is -5.11. The number of aliphatic hydroxyl groups excluding tert-OH is 5. The second kappa shape index (κ2) is 29.9. The fraction of sp³-hybridized carbons (Fsp3) is 0.895. The predicted octanol–water partition coefficient (Wildman–Crippen LogP) is 6.33. The van der Waals surface area contributed by atoms with Crippen LogP contribution in [0.15, 0.2) is 12.2 Å². The van der Waals surface area contributed by atoms with Gasteiger partial charge >= 0.3 is 19.8 Å². The van der Waals surface area contributed by atoms with E-state index in [2.05, 4.69) is 26.0 Å². The Morgan fingerprint density at radius 2 is 0.981 bits per heavy atom. The number of phosphoric acid groups is 1. The van der Waals surface area contributed by atoms with Crippen LogP contribution in [0.2, 0.25) is 0 Å². The summed E-state index contributed by atoms with van der Waals surface area (Å²) in [4.78, 5) is 35.4. The highest BCUT2D eigenvalue weighted by Gasteiger charge is 2.51. The van der Waals surface area contributed by atoms with Crippen LogP contribution in [-0.2, 0) is 32.7 Å². The zero-order valence-electron chi connectivity index (χ0n) is 31.9. The Kier molecular flexibility index (Phi) is 27.9. The number of hydrogen-bond donors (Lipinski definition) is 6. The molecule has 6 N–H and O–H groups in total. The monoisotopic (exact) mass is 766 g/mol. The SMILES string of the molecule is CCCCCCCC/C=C/CCCCCC(=O)O[C@H](COC(=O)CCCCCCCCCCCC)COP(=O)(O)OC1C(O)C(O)C(O)[C@@H](O)C1O. The Hall–Kier alpha value is -1.41. The van der Waals surface area contributed by atoms with Gasteiger partial charge in [-0.05, 0) is 38.5 Å². The van der Waals surface area contributed by atoms with E-state index in [1.54, 1.807) is 0 Å². The average molecular weight is 767 g/mol. The average Bonchev–Trinajstić information content (AvgIpc) is 3.12. The van der Waals surface area contributed by atoms with Gasteiger partial charge in [0.15, 0.2) is 6.10 Å². The Morgan fingerprint density at radius 3 is 1.48 bits per heavy atom. The van der Waals surface area contributed by atoms with E-state index in [0.29, 0.717) is 12.8 Å². The molecule has 14 heteroatoms. The van der Waals surface area contributed by atoms with Gasteiger partial charge in [0.2, 0.25) is 0 Å². The summed E-state index contributed by atoms with van der Waals surface area (Å²) in [5.74, 6) is -1.12. The van der Waals surface area contributed by atoms with Gasteiger partial charge in [0.1, 0.15) is 43.2 Å². The molecule has 0 amide bonds. The van der Waals surface area contributed by atoms with Gasteiger partial charge < -0.3 is 39.9 Å². The Morgan fingerprint density at radius 1 is 0.577 bits per heavy atom. The number of allylic oxidation sites excluding steroid dienone is 2. The highest BCUT2D eigenvalue weighted by atomic mass is 31.2. The maximum Gasteiger partial charge on any atom is 0.472 e. The molecular weight excluding hydrogens is 695 g/mol. The van der Waals surface area contributed by atoms with Crippen molar-refractivity contribution in [2.75, 3.05) is 13.2 Å². The van der Waals surface area contributed by atoms with E-state index >= 15 is 0 Å². The number of hydrogen-bond acceptors (Lipinski definition) is 12. The highest BCUT2D eigenvalue weighted by molar-refractivity contribution is 7.47. The molecule has 8 atom stereocenters. The van der Waals surface area contributed by atoms with Gasteiger partial charge in [0.25, 0.3) is 0 Å². The molecule has 0 saturated heterocycles. The Balaban J connectivity index is 2.55. The first kappa shape index (κ1) is 48.6. The van der Waals surface area contributed by atoms with Crippen molar-refractivity contribution < 1.29 is 63.1 Å². The molecule has 0 bridgehead atoms. The molecule has 0 aromatic rings. The maximum absolute atomic E-state index is 12.7. The largest absolute Gasteiger partial charge is 0.472 e. The summed E-state index contributed by atoms with van der Waals surface area (Å²) in [6.45, 7) is 3.23. The van der Waals surface area contributed by atoms with Gasteiger partial charge in [-0.2, -0.15) is 0 Å². The van der Waals surface area contributed by atoms with Gasteiger partial charge in [0.05, 0.1) is 6.61 Å². The standard InChI is InChI=1S/C38H71O13P/c1-3-5-7-9-11-13-15-16-17-19-21-23-25-27-32(40)50-30(28-48-31(39)26-24-22-20-18-14-12-10-8-6-4-2)29-49-52(46,47)51-38-36(44)34(42)33(41)35(43)37(38)45/h16-17,30,33-38,41-45H,3-15,18-29H2,1-2H3,(H,46,47)/b17-16+/t30-,33?,34-,35?,36?,37?,38?/m1/s1. The number of esters is 2. The number of ether oxygens (including phenoxy) is 2. The van der Waals surface area contributed by atoms with E-state index in [0.717, 1.165) is 44.9 Å². The fourth-order valence-electron chi connectivity index (χ4n) is 6.05. The number of unbranched alkanes of at least 4 members (excludes halogenated alkanes) is 18. The lowest BCUT2D eigenvalue weighted by Crippen LogP contribution is -2.64. The first-order valence-electron chi connectivity index (χ1n) is 20.0. The zero-order chi connectivity index (χ0) is 38.6. The molecule has 306 valence electrons. The molecular formula is C38H71O13P. The summed E-state index contributed by atoms with van der Waals surface area (Å²) in [6.07, 6.45) is 14.4. The minimum Gasteiger partial charge on any atom is -0.462 e. The van der Waals surface area contributed by atoms with Crippen molar-refractivity contribution in [1.82, 2.24) is 0 Å². The molecule has 0 radical (unpaired) electrons. The van der Waals surface area contributed by atoms with Gasteiger partial charge in [-0.1, -0.05) is 122 Å². The zero-order valence-corrected chi connectivity index (χ0v) is 32.8. The molecule has 6 unspecified atom stereocenters. The van der Waals surface area contributed by atoms with Crippen LogP contribution in [0.1, 0.15) is 162 Å². The molecule has 0 aliphatic heterocycles. The molecule has 0 aromatic heterocycles. The minimum atomic E-state index is -5.11. The summed E-state index contributed by atoms with van der Waals surface area (Å²) >= 11 is 0. The van der Waals surface area contributed by atoms with Gasteiger partial charge in [-0.15, -0.1) is 0 Å². The van der Waals surface area contributed by atoms with Crippen molar-refractivity contribution in [3.8, 4) is 0 Å². The van der Waals surface area contributed by atoms with Crippen LogP contribution in [0.3, 0.4) is 0 Å². The smallest absolute Gasteiger partial charge is 0.462 e. The molecule has 1 rings (SSSR count). The van der Waals surface area contributed by atoms with Crippen LogP contribution >= 0.6 is 7.82 Å². The lowest BCUT2D eigenvalue weighted by atomic mass is 9.85. The predicted molar refractivity (Wildman–Crippen MR) is 198 cm³/mol. The lowest BCUT2D eigenvalue weighted by Gasteiger charge is -2.41. The Bertz CT molecular complexity index is 980. The van der Waals surface area contributed by atoms with Gasteiger partial charge in [-0.3, -0.25) is 18.6 Å². The number of aliphatic hydroxyl groups is 5. The first-order chi connectivity index (χ1) is 24.9. The first-order valence-corrected chi connectivity index (χ1v) is 21.5. The van der Waals surface area contributed by atoms with Crippen molar-refractivity contribution in [3.05, 3.63) is 12.2 Å². The van der Waals surface area contributed by atoms with Crippen molar-refractivity contribution in [2.45, 2.75) is 204 Å². The second-order valence-corrected chi connectivity index (χ2v) is 15.5. The Labute approximate surface area is 312 Å². The van der Waals surface area contributed by atoms with Crippen molar-refractivity contribution in [2.24, 2.45) is 0 Å². The summed E-state index contributed by atoms with van der Waals surface area (Å²) < 4.78 is 33.3. The van der Waals surface area contributed by atoms with E-state index in [-0.39, 0.29) is 12.8 Å². The summed E-state index contributed by atoms with van der Waals surface area (Å²) in [5.41, 5.74) is 0. The van der Waals surface area contributed by atoms with E-state index in [1.807, 2.05) is 0 Å². The quantitative estimate of drug-likeness (QED) is 0.0192. The third-order valence-electron chi connectivity index (χ3n) is 9.36. The van der Waals surface area contributed by atoms with Crippen LogP contribution in [0.5, 0.6) is 0 Å². The number of carbonyl (C=O) groups excluding carboxylic acids is 2. The summed E-state index contributed by atoms with van der Waals surface area (Å²) in [5, 5.41) is 49.9. The molecule has 1 aliphatic carbocycles. The maximum atomic E-state index is 12.7. The molecule has 1 saturated carbocycles. The van der Waals surface area contributed by atoms with E-state index in [9.17, 15) is 44.6 Å². The van der Waals surface area contributed by atoms with Crippen molar-refractivity contribution >= 4 is 19.8 Å². The van der Waals surface area contributed by atoms with Crippen LogP contribution < -0.4 is 0 Å². The van der Waals surface area contributed by atoms with E-state index in [4.69, 9.17) is 18.5 Å². The third kappa shape index (κ3) is 22.7. The summed E-state index contributed by atoms with van der Waals surface area (Å²) in [6, 6.07) is 0. The molecule has 1 aliphatic rings. The molecule has 0 spiro atoms. The number of rotatable bonds is 32. The molecule has 0 heterocycles. The third-order valence-corrected chi connectivity index (χ3v) is 10.3. The van der Waals surface area contributed by atoms with Crippen molar-refractivity contribution in [1.29, 1.82) is 0 Å². The van der Waals surface area contributed by atoms with Crippen LogP contribution in [0.25, 0.3) is 0 Å². The highest BCUT2D eigenvalue weighted by Crippen LogP contribution is 2.47. The molecule has 1 fully saturated rings. The fourth-order valence-corrected chi connectivity index (χ4v) is 7.02. The second-order valence-electron chi connectivity index (χ2n) is 14.1. The van der Waals surface area contributed by atoms with Crippen LogP contribution in [0.4, 0.5) is 0 Å². The minimum absolute atomic E-state index is 0.0797. The molecule has 52 heavy (non-hydrogen) atoms. The van der Waals surface area contributed by atoms with E-state index in [1.165, 1.54) is 77.0 Å². The van der Waals surface area contributed by atoms with Gasteiger partial charge in [0, 0.05) is 12.8 Å². The normalized spacial score (nSPS) is 23.8. The topological polar surface area (TPSA) is 210 Å². The lowest BCUT2D eigenvalue weighted by molar-refractivity contribution is -0.220. The molecule has 0 aromatic carbocycles.